The molecule has 0 unspecified atom stereocenters. The van der Waals surface area contributed by atoms with E-state index in [-0.39, 0.29) is 5.91 Å². The van der Waals surface area contributed by atoms with Gasteiger partial charge >= 0.3 is 0 Å². The van der Waals surface area contributed by atoms with E-state index in [0.29, 0.717) is 30.3 Å². The first-order valence-corrected chi connectivity index (χ1v) is 12.1. The van der Waals surface area contributed by atoms with Crippen LogP contribution in [0.2, 0.25) is 0 Å². The molecule has 1 amide bonds. The number of rotatable bonds is 7. The topological polar surface area (TPSA) is 70.8 Å². The highest BCUT2D eigenvalue weighted by atomic mass is 16.2. The number of aromatic nitrogens is 2. The first-order valence-electron chi connectivity index (χ1n) is 12.1. The van der Waals surface area contributed by atoms with Crippen LogP contribution in [0.25, 0.3) is 11.3 Å². The molecule has 0 N–H and O–H groups in total. The minimum Gasteiger partial charge on any atom is -0.337 e. The van der Waals surface area contributed by atoms with Crippen LogP contribution >= 0.6 is 0 Å². The van der Waals surface area contributed by atoms with Gasteiger partial charge < -0.3 is 4.90 Å². The molecule has 6 heteroatoms. The van der Waals surface area contributed by atoms with Crippen LogP contribution in [0.15, 0.2) is 63.5 Å². The second-order valence-electron chi connectivity index (χ2n) is 9.75. The molecule has 1 aromatic heterocycles. The third-order valence-corrected chi connectivity index (χ3v) is 7.02. The molecule has 1 fully saturated rings. The van der Waals surface area contributed by atoms with Gasteiger partial charge in [0.25, 0.3) is 5.91 Å². The van der Waals surface area contributed by atoms with Crippen LogP contribution in [0.5, 0.6) is 0 Å². The Labute approximate surface area is 201 Å². The van der Waals surface area contributed by atoms with Crippen molar-refractivity contribution in [2.24, 2.45) is 15.9 Å². The van der Waals surface area contributed by atoms with Crippen molar-refractivity contribution in [3.05, 3.63) is 70.3 Å². The maximum absolute atomic E-state index is 13.7. The lowest BCUT2D eigenvalue weighted by molar-refractivity contribution is 0.0747. The summed E-state index contributed by atoms with van der Waals surface area (Å²) in [5.74, 6) is 1.32. The number of benzene rings is 1. The van der Waals surface area contributed by atoms with Crippen LogP contribution in [-0.2, 0) is 0 Å². The smallest absolute Gasteiger partial charge is 0.274 e. The Bertz CT molecular complexity index is 1280. The summed E-state index contributed by atoms with van der Waals surface area (Å²) in [7, 11) is 0. The zero-order valence-corrected chi connectivity index (χ0v) is 20.4. The fraction of sp³-hybridized carbons (Fsp3) is 0.393. The van der Waals surface area contributed by atoms with E-state index in [4.69, 9.17) is 9.98 Å². The number of fused-ring (bicyclic) bond motifs is 1. The van der Waals surface area contributed by atoms with Crippen LogP contribution in [0, 0.1) is 19.8 Å². The van der Waals surface area contributed by atoms with Gasteiger partial charge in [0.05, 0.1) is 11.4 Å². The van der Waals surface area contributed by atoms with Gasteiger partial charge in [-0.3, -0.25) is 9.78 Å². The van der Waals surface area contributed by atoms with Crippen molar-refractivity contribution in [3.63, 3.8) is 0 Å². The van der Waals surface area contributed by atoms with Gasteiger partial charge in [-0.1, -0.05) is 17.7 Å². The maximum Gasteiger partial charge on any atom is 0.274 e. The Morgan fingerprint density at radius 3 is 2.59 bits per heavy atom. The summed E-state index contributed by atoms with van der Waals surface area (Å²) in [6.45, 7) is 9.75. The van der Waals surface area contributed by atoms with Gasteiger partial charge in [-0.25, -0.2) is 15.0 Å². The molecule has 0 saturated heterocycles. The highest BCUT2D eigenvalue weighted by molar-refractivity contribution is 6.14. The van der Waals surface area contributed by atoms with Crippen molar-refractivity contribution in [1.82, 2.24) is 14.9 Å². The molecule has 2 aliphatic carbocycles. The largest absolute Gasteiger partial charge is 0.337 e. The molecule has 2 aromatic rings. The Morgan fingerprint density at radius 1 is 1.03 bits per heavy atom. The standard InChI is InChI=1S/C28H31N5O/c1-17-5-8-22(13-18(17)2)26-27(30-11-10-29-26)28(34)33(16-21-6-7-21)12-9-25-31-23-14-19(3)20(4)15-24(23)32-25/h5,8,10-11,13-14,21H,6-7,9,12,15-16H2,1-4H3. The van der Waals surface area contributed by atoms with Crippen molar-refractivity contribution in [2.45, 2.75) is 53.4 Å². The second kappa shape index (κ2) is 9.09. The van der Waals surface area contributed by atoms with Crippen LogP contribution < -0.4 is 0 Å². The van der Waals surface area contributed by atoms with E-state index in [1.54, 1.807) is 12.4 Å². The molecule has 3 aliphatic rings. The Morgan fingerprint density at radius 2 is 1.82 bits per heavy atom. The average Bonchev–Trinajstić information content (AvgIpc) is 3.57. The third kappa shape index (κ3) is 4.63. The fourth-order valence-electron chi connectivity index (χ4n) is 4.39. The predicted molar refractivity (Wildman–Crippen MR) is 136 cm³/mol. The number of carbonyl (C=O) groups is 1. The van der Waals surface area contributed by atoms with E-state index >= 15 is 0 Å². The number of hydrogen-bond donors (Lipinski definition) is 0. The fourth-order valence-corrected chi connectivity index (χ4v) is 4.39. The lowest BCUT2D eigenvalue weighted by Crippen LogP contribution is -2.35. The molecule has 6 nitrogen and oxygen atoms in total. The summed E-state index contributed by atoms with van der Waals surface area (Å²) < 4.78 is 0. The number of amides is 1. The maximum atomic E-state index is 13.7. The molecule has 0 radical (unpaired) electrons. The number of hydrogen-bond acceptors (Lipinski definition) is 5. The highest BCUT2D eigenvalue weighted by Crippen LogP contribution is 2.31. The Kier molecular flexibility index (Phi) is 5.98. The van der Waals surface area contributed by atoms with Gasteiger partial charge in [-0.05, 0) is 75.3 Å². The molecule has 1 aromatic carbocycles. The molecular weight excluding hydrogens is 422 g/mol. The summed E-state index contributed by atoms with van der Waals surface area (Å²) in [5, 5.41) is 0. The quantitative estimate of drug-likeness (QED) is 0.557. The zero-order valence-electron chi connectivity index (χ0n) is 20.4. The summed E-state index contributed by atoms with van der Waals surface area (Å²) in [6, 6.07) is 6.17. The summed E-state index contributed by atoms with van der Waals surface area (Å²) >= 11 is 0. The molecule has 0 spiro atoms. The van der Waals surface area contributed by atoms with Crippen molar-refractivity contribution < 1.29 is 4.79 Å². The van der Waals surface area contributed by atoms with E-state index in [2.05, 4.69) is 55.9 Å². The average molecular weight is 454 g/mol. The summed E-state index contributed by atoms with van der Waals surface area (Å²) in [6.07, 6.45) is 9.22. The minimum atomic E-state index is -0.0653. The number of nitrogens with zero attached hydrogens (tertiary/aromatic N) is 5. The number of allylic oxidation sites excluding steroid dienone is 4. The van der Waals surface area contributed by atoms with Crippen LogP contribution in [0.4, 0.5) is 0 Å². The Hall–Kier alpha value is -3.41. The van der Waals surface area contributed by atoms with Crippen molar-refractivity contribution in [1.29, 1.82) is 0 Å². The highest BCUT2D eigenvalue weighted by Gasteiger charge is 2.30. The monoisotopic (exact) mass is 453 g/mol. The molecule has 34 heavy (non-hydrogen) atoms. The van der Waals surface area contributed by atoms with Gasteiger partial charge in [0.1, 0.15) is 11.5 Å². The van der Waals surface area contributed by atoms with E-state index < -0.39 is 0 Å². The number of aliphatic imine (C=N–C) groups is 2. The molecule has 174 valence electrons. The summed E-state index contributed by atoms with van der Waals surface area (Å²) in [4.78, 5) is 34.2. The molecule has 5 rings (SSSR count). The van der Waals surface area contributed by atoms with Gasteiger partial charge in [0.15, 0.2) is 5.69 Å². The van der Waals surface area contributed by atoms with Crippen LogP contribution in [0.1, 0.15) is 61.1 Å². The molecule has 1 aliphatic heterocycles. The third-order valence-electron chi connectivity index (χ3n) is 7.02. The molecule has 0 atom stereocenters. The SMILES string of the molecule is CC1=C(C)CC2=NC(CCN(CC3CC3)C(=O)c3nccnc3-c3ccc(C)c(C)c3)=NC2=C1. The van der Waals surface area contributed by atoms with E-state index in [0.717, 1.165) is 35.8 Å². The lowest BCUT2D eigenvalue weighted by atomic mass is 9.97. The number of aryl methyl sites for hydroxylation is 2. The van der Waals surface area contributed by atoms with Crippen molar-refractivity contribution in [2.75, 3.05) is 13.1 Å². The van der Waals surface area contributed by atoms with Gasteiger partial charge in [0, 0.05) is 43.9 Å². The number of amidine groups is 1. The Balaban J connectivity index is 1.37. The van der Waals surface area contributed by atoms with Gasteiger partial charge in [0.2, 0.25) is 0 Å². The van der Waals surface area contributed by atoms with Gasteiger partial charge in [-0.15, -0.1) is 0 Å². The first-order chi connectivity index (χ1) is 16.4. The van der Waals surface area contributed by atoms with E-state index in [9.17, 15) is 4.79 Å². The van der Waals surface area contributed by atoms with Gasteiger partial charge in [-0.2, -0.15) is 0 Å². The van der Waals surface area contributed by atoms with Crippen LogP contribution in [-0.4, -0.2) is 45.4 Å². The van der Waals surface area contributed by atoms with E-state index in [1.165, 1.54) is 35.1 Å². The van der Waals surface area contributed by atoms with Crippen LogP contribution in [0.3, 0.4) is 0 Å². The molecular formula is C28H31N5O. The lowest BCUT2D eigenvalue weighted by Gasteiger charge is -2.23. The summed E-state index contributed by atoms with van der Waals surface area (Å²) in [5.41, 5.74) is 8.99. The number of carbonyl (C=O) groups excluding carboxylic acids is 1. The molecule has 2 heterocycles. The molecule has 1 saturated carbocycles. The van der Waals surface area contributed by atoms with Crippen molar-refractivity contribution >= 4 is 17.5 Å². The first kappa shape index (κ1) is 22.4. The minimum absolute atomic E-state index is 0.0653. The second-order valence-corrected chi connectivity index (χ2v) is 9.75. The van der Waals surface area contributed by atoms with Crippen molar-refractivity contribution in [3.8, 4) is 11.3 Å². The zero-order chi connectivity index (χ0) is 23.8. The normalized spacial score (nSPS) is 17.2. The predicted octanol–water partition coefficient (Wildman–Crippen LogP) is 5.48. The van der Waals surface area contributed by atoms with E-state index in [1.807, 2.05) is 11.0 Å². The molecule has 0 bridgehead atoms.